The molecule has 3 aromatic rings. The molecule has 0 atom stereocenters. The molecule has 22 heavy (non-hydrogen) atoms. The number of nitrogens with zero attached hydrogens (tertiary/aromatic N) is 2. The van der Waals surface area contributed by atoms with Crippen LogP contribution in [0.4, 0.5) is 0 Å². The Labute approximate surface area is 135 Å². The molecule has 0 aliphatic heterocycles. The van der Waals surface area contributed by atoms with Crippen LogP contribution in [0, 0.1) is 0 Å². The largest absolute Gasteiger partial charge is 0.370 e. The minimum atomic E-state index is 0.977. The van der Waals surface area contributed by atoms with E-state index in [1.807, 2.05) is 12.1 Å². The fourth-order valence-corrected chi connectivity index (χ4v) is 3.55. The second-order valence-electron chi connectivity index (χ2n) is 5.10. The number of benzene rings is 2. The van der Waals surface area contributed by atoms with E-state index in [0.29, 0.717) is 0 Å². The number of thiazole rings is 1. The molecule has 0 unspecified atom stereocenters. The fraction of sp³-hybridized carbons (Fsp3) is 0.211. The van der Waals surface area contributed by atoms with Crippen molar-refractivity contribution in [3.05, 3.63) is 65.2 Å². The van der Waals surface area contributed by atoms with E-state index in [4.69, 9.17) is 4.98 Å². The summed E-state index contributed by atoms with van der Waals surface area (Å²) in [5, 5.41) is 1.09. The van der Waals surface area contributed by atoms with Crippen LogP contribution in [0.1, 0.15) is 24.4 Å². The van der Waals surface area contributed by atoms with Gasteiger partial charge < -0.3 is 4.90 Å². The molecule has 2 aromatic carbocycles. The maximum atomic E-state index is 4.83. The molecule has 3 rings (SSSR count). The zero-order chi connectivity index (χ0) is 15.4. The summed E-state index contributed by atoms with van der Waals surface area (Å²) in [6.07, 6.45) is 2.24. The summed E-state index contributed by atoms with van der Waals surface area (Å²) < 4.78 is 1.24. The first kappa shape index (κ1) is 14.8. The number of hydrogen-bond acceptors (Lipinski definition) is 3. The van der Waals surface area contributed by atoms with E-state index in [-0.39, 0.29) is 0 Å². The molecule has 1 heterocycles. The summed E-state index contributed by atoms with van der Waals surface area (Å²) in [5.74, 6) is 0. The Hall–Kier alpha value is -2.13. The van der Waals surface area contributed by atoms with Gasteiger partial charge in [-0.3, -0.25) is 0 Å². The van der Waals surface area contributed by atoms with Crippen LogP contribution in [0.5, 0.6) is 0 Å². The highest BCUT2D eigenvalue weighted by molar-refractivity contribution is 7.19. The Morgan fingerprint density at radius 3 is 2.36 bits per heavy atom. The lowest BCUT2D eigenvalue weighted by molar-refractivity contribution is 0.443. The smallest absolute Gasteiger partial charge is 0.140 e. The van der Waals surface area contributed by atoms with Crippen LogP contribution in [-0.2, 0) is 0 Å². The summed E-state index contributed by atoms with van der Waals surface area (Å²) in [4.78, 5) is 7.20. The van der Waals surface area contributed by atoms with Gasteiger partial charge in [-0.15, -0.1) is 11.3 Å². The zero-order valence-electron chi connectivity index (χ0n) is 13.0. The molecule has 0 fully saturated rings. The highest BCUT2D eigenvalue weighted by atomic mass is 32.1. The molecule has 0 aliphatic rings. The average Bonchev–Trinajstić information content (AvgIpc) is 3.00. The summed E-state index contributed by atoms with van der Waals surface area (Å²) in [7, 11) is 0. The van der Waals surface area contributed by atoms with Gasteiger partial charge in [-0.2, -0.15) is 0 Å². The van der Waals surface area contributed by atoms with Crippen LogP contribution in [0.3, 0.4) is 0 Å². The van der Waals surface area contributed by atoms with Gasteiger partial charge in [0, 0.05) is 13.1 Å². The molecule has 0 saturated carbocycles. The van der Waals surface area contributed by atoms with Crippen molar-refractivity contribution in [1.29, 1.82) is 0 Å². The van der Waals surface area contributed by atoms with Crippen molar-refractivity contribution in [2.24, 2.45) is 0 Å². The number of hydrogen-bond donors (Lipinski definition) is 0. The van der Waals surface area contributed by atoms with Gasteiger partial charge in [-0.25, -0.2) is 4.98 Å². The Morgan fingerprint density at radius 1 is 1.00 bits per heavy atom. The van der Waals surface area contributed by atoms with Crippen LogP contribution >= 0.6 is 11.3 Å². The summed E-state index contributed by atoms with van der Waals surface area (Å²) in [6, 6.07) is 18.8. The first-order valence-electron chi connectivity index (χ1n) is 7.69. The van der Waals surface area contributed by atoms with Gasteiger partial charge in [0.1, 0.15) is 5.01 Å². The average molecular weight is 308 g/mol. The molecule has 0 amide bonds. The molecule has 112 valence electrons. The Morgan fingerprint density at radius 2 is 1.68 bits per heavy atom. The van der Waals surface area contributed by atoms with Gasteiger partial charge in [-0.1, -0.05) is 42.5 Å². The molecule has 0 bridgehead atoms. The van der Waals surface area contributed by atoms with E-state index >= 15 is 0 Å². The molecular weight excluding hydrogens is 288 g/mol. The van der Waals surface area contributed by atoms with Crippen LogP contribution in [0.15, 0.2) is 54.6 Å². The molecule has 0 aliphatic carbocycles. The van der Waals surface area contributed by atoms with Crippen molar-refractivity contribution in [1.82, 2.24) is 9.88 Å². The van der Waals surface area contributed by atoms with Gasteiger partial charge in [0.05, 0.1) is 15.9 Å². The Balaban J connectivity index is 2.10. The fourth-order valence-electron chi connectivity index (χ4n) is 2.54. The van der Waals surface area contributed by atoms with Crippen molar-refractivity contribution in [2.75, 3.05) is 13.1 Å². The van der Waals surface area contributed by atoms with Crippen molar-refractivity contribution in [3.8, 4) is 0 Å². The predicted molar refractivity (Wildman–Crippen MR) is 96.9 cm³/mol. The minimum absolute atomic E-state index is 0.977. The molecule has 2 nitrogen and oxygen atoms in total. The third-order valence-electron chi connectivity index (χ3n) is 3.72. The number of rotatable bonds is 5. The molecule has 0 spiro atoms. The molecule has 0 radical (unpaired) electrons. The van der Waals surface area contributed by atoms with Crippen molar-refractivity contribution in [2.45, 2.75) is 13.8 Å². The monoisotopic (exact) mass is 308 g/mol. The lowest BCUT2D eigenvalue weighted by atomic mass is 10.2. The summed E-state index contributed by atoms with van der Waals surface area (Å²) in [5.41, 5.74) is 3.50. The Bertz CT molecular complexity index is 737. The van der Waals surface area contributed by atoms with Crippen LogP contribution in [0.2, 0.25) is 0 Å². The van der Waals surface area contributed by atoms with E-state index in [1.165, 1.54) is 16.0 Å². The van der Waals surface area contributed by atoms with Crippen LogP contribution in [-0.4, -0.2) is 23.0 Å². The van der Waals surface area contributed by atoms with Crippen LogP contribution in [0.25, 0.3) is 22.0 Å². The van der Waals surface area contributed by atoms with Gasteiger partial charge >= 0.3 is 0 Å². The standard InChI is InChI=1S/C19H20N2S/c1-3-21(4-2)17(14-15-10-6-5-7-11-15)19-20-16-12-8-9-13-18(16)22-19/h5-14H,3-4H2,1-2H3. The lowest BCUT2D eigenvalue weighted by Gasteiger charge is -2.23. The topological polar surface area (TPSA) is 16.1 Å². The molecule has 0 saturated heterocycles. The molecular formula is C19H20N2S. The van der Waals surface area contributed by atoms with E-state index in [9.17, 15) is 0 Å². The van der Waals surface area contributed by atoms with E-state index < -0.39 is 0 Å². The lowest BCUT2D eigenvalue weighted by Crippen LogP contribution is -2.21. The van der Waals surface area contributed by atoms with Crippen LogP contribution < -0.4 is 0 Å². The van der Waals surface area contributed by atoms with Gasteiger partial charge in [-0.05, 0) is 37.6 Å². The second-order valence-corrected chi connectivity index (χ2v) is 6.13. The highest BCUT2D eigenvalue weighted by Crippen LogP contribution is 2.30. The van der Waals surface area contributed by atoms with E-state index in [1.54, 1.807) is 11.3 Å². The molecule has 0 N–H and O–H groups in total. The van der Waals surface area contributed by atoms with Gasteiger partial charge in [0.2, 0.25) is 0 Å². The highest BCUT2D eigenvalue weighted by Gasteiger charge is 2.13. The van der Waals surface area contributed by atoms with E-state index in [2.05, 4.69) is 67.3 Å². The molecule has 1 aromatic heterocycles. The number of fused-ring (bicyclic) bond motifs is 1. The minimum Gasteiger partial charge on any atom is -0.370 e. The summed E-state index contributed by atoms with van der Waals surface area (Å²) in [6.45, 7) is 6.33. The van der Waals surface area contributed by atoms with Gasteiger partial charge in [0.25, 0.3) is 0 Å². The maximum Gasteiger partial charge on any atom is 0.140 e. The maximum absolute atomic E-state index is 4.83. The summed E-state index contributed by atoms with van der Waals surface area (Å²) >= 11 is 1.76. The zero-order valence-corrected chi connectivity index (χ0v) is 13.8. The number of para-hydroxylation sites is 1. The van der Waals surface area contributed by atoms with Crippen molar-refractivity contribution >= 4 is 33.3 Å². The Kier molecular flexibility index (Phi) is 4.54. The van der Waals surface area contributed by atoms with Crippen molar-refractivity contribution in [3.63, 3.8) is 0 Å². The predicted octanol–water partition coefficient (Wildman–Crippen LogP) is 5.14. The quantitative estimate of drug-likeness (QED) is 0.649. The molecule has 3 heteroatoms. The number of aromatic nitrogens is 1. The van der Waals surface area contributed by atoms with E-state index in [0.717, 1.165) is 23.6 Å². The SMILES string of the molecule is CCN(CC)C(=Cc1ccccc1)c1nc2ccccc2s1. The third kappa shape index (κ3) is 3.04. The first-order chi connectivity index (χ1) is 10.8. The van der Waals surface area contributed by atoms with Gasteiger partial charge in [0.15, 0.2) is 0 Å². The second kappa shape index (κ2) is 6.75. The normalized spacial score (nSPS) is 11.8. The van der Waals surface area contributed by atoms with Crippen molar-refractivity contribution < 1.29 is 0 Å². The third-order valence-corrected chi connectivity index (χ3v) is 4.78. The first-order valence-corrected chi connectivity index (χ1v) is 8.51.